The molecule has 0 unspecified atom stereocenters. The van der Waals surface area contributed by atoms with Gasteiger partial charge in [-0.1, -0.05) is 6.07 Å². The highest BCUT2D eigenvalue weighted by molar-refractivity contribution is 5.73. The third-order valence-electron chi connectivity index (χ3n) is 5.26. The largest absolute Gasteiger partial charge is 0.490 e. The van der Waals surface area contributed by atoms with Crippen molar-refractivity contribution >= 4 is 23.7 Å². The topological polar surface area (TPSA) is 162 Å². The van der Waals surface area contributed by atoms with Gasteiger partial charge in [0, 0.05) is 75.7 Å². The molecule has 4 heterocycles. The van der Waals surface area contributed by atoms with Gasteiger partial charge in [0.05, 0.1) is 6.20 Å². The maximum absolute atomic E-state index is 10.6. The zero-order valence-electron chi connectivity index (χ0n) is 23.4. The van der Waals surface area contributed by atoms with Crippen molar-refractivity contribution in [1.29, 1.82) is 0 Å². The standard InChI is InChI=1S/C19H22N6.3C2HF3O2/c1-23-12-17(11-22-23)13-24-9-10-25(14-16-4-7-20-8-5-16)19-18(15-24)3-2-6-21-19;3*3-2(4,5)1(6)7/h2-8,11-12H,9-10,13-15H2,1H3;3*(H,6,7). The maximum Gasteiger partial charge on any atom is 0.490 e. The lowest BCUT2D eigenvalue weighted by Gasteiger charge is -2.23. The Morgan fingerprint density at radius 1 is 0.761 bits per heavy atom. The van der Waals surface area contributed by atoms with Gasteiger partial charge in [-0.2, -0.15) is 44.6 Å². The van der Waals surface area contributed by atoms with Crippen LogP contribution in [0.5, 0.6) is 0 Å². The van der Waals surface area contributed by atoms with Gasteiger partial charge in [-0.05, 0) is 23.8 Å². The minimum Gasteiger partial charge on any atom is -0.475 e. The van der Waals surface area contributed by atoms with E-state index >= 15 is 0 Å². The highest BCUT2D eigenvalue weighted by Gasteiger charge is 2.39. The first-order valence-electron chi connectivity index (χ1n) is 12.3. The van der Waals surface area contributed by atoms with Crippen LogP contribution in [0.4, 0.5) is 45.3 Å². The molecule has 0 radical (unpaired) electrons. The molecule has 0 amide bonds. The summed E-state index contributed by atoms with van der Waals surface area (Å²) in [5.41, 5.74) is 3.78. The number of carbonyl (C=O) groups is 3. The van der Waals surface area contributed by atoms with Crippen LogP contribution in [0.25, 0.3) is 0 Å². The van der Waals surface area contributed by atoms with Crippen molar-refractivity contribution < 1.29 is 69.2 Å². The van der Waals surface area contributed by atoms with Crippen molar-refractivity contribution in [1.82, 2.24) is 24.6 Å². The molecular formula is C25H25F9N6O6. The van der Waals surface area contributed by atoms with Gasteiger partial charge in [0.25, 0.3) is 0 Å². The molecule has 46 heavy (non-hydrogen) atoms. The van der Waals surface area contributed by atoms with Crippen LogP contribution in [-0.2, 0) is 41.1 Å². The van der Waals surface area contributed by atoms with Gasteiger partial charge < -0.3 is 20.2 Å². The second kappa shape index (κ2) is 16.9. The van der Waals surface area contributed by atoms with Crippen molar-refractivity contribution in [3.8, 4) is 0 Å². The quantitative estimate of drug-likeness (QED) is 0.341. The molecule has 0 atom stereocenters. The number of carboxylic acids is 3. The molecule has 0 aromatic carbocycles. The van der Waals surface area contributed by atoms with E-state index in [9.17, 15) is 39.5 Å². The van der Waals surface area contributed by atoms with Crippen molar-refractivity contribution in [2.75, 3.05) is 18.0 Å². The number of hydrogen-bond acceptors (Lipinski definition) is 8. The Hall–Kier alpha value is -4.95. The number of anilines is 1. The van der Waals surface area contributed by atoms with E-state index in [1.807, 2.05) is 42.6 Å². The summed E-state index contributed by atoms with van der Waals surface area (Å²) in [5, 5.41) is 25.7. The number of pyridine rings is 2. The fourth-order valence-electron chi connectivity index (χ4n) is 3.34. The fourth-order valence-corrected chi connectivity index (χ4v) is 3.34. The van der Waals surface area contributed by atoms with Crippen LogP contribution >= 0.6 is 0 Å². The SMILES string of the molecule is Cn1cc(CN2CCN(Cc3ccncc3)c3ncccc3C2)cn1.O=C(O)C(F)(F)F.O=C(O)C(F)(F)F.O=C(O)C(F)(F)F. The van der Waals surface area contributed by atoms with Crippen LogP contribution < -0.4 is 4.90 Å². The lowest BCUT2D eigenvalue weighted by Crippen LogP contribution is -2.31. The van der Waals surface area contributed by atoms with Crippen LogP contribution in [0.2, 0.25) is 0 Å². The van der Waals surface area contributed by atoms with E-state index in [4.69, 9.17) is 29.7 Å². The molecule has 1 aliphatic rings. The van der Waals surface area contributed by atoms with Gasteiger partial charge in [0.1, 0.15) is 5.82 Å². The van der Waals surface area contributed by atoms with Crippen molar-refractivity contribution in [2.45, 2.75) is 38.2 Å². The summed E-state index contributed by atoms with van der Waals surface area (Å²) in [6, 6.07) is 8.35. The zero-order chi connectivity index (χ0) is 35.3. The first-order valence-corrected chi connectivity index (χ1v) is 12.3. The van der Waals surface area contributed by atoms with Gasteiger partial charge in [-0.15, -0.1) is 0 Å². The number of nitrogens with zero attached hydrogens (tertiary/aromatic N) is 6. The number of aryl methyl sites for hydroxylation is 1. The average molecular weight is 676 g/mol. The molecule has 3 aromatic rings. The molecule has 3 aromatic heterocycles. The molecule has 12 nitrogen and oxygen atoms in total. The van der Waals surface area contributed by atoms with Crippen molar-refractivity contribution in [3.63, 3.8) is 0 Å². The van der Waals surface area contributed by atoms with Crippen LogP contribution in [0.3, 0.4) is 0 Å². The van der Waals surface area contributed by atoms with Gasteiger partial charge in [0.15, 0.2) is 0 Å². The summed E-state index contributed by atoms with van der Waals surface area (Å²) in [7, 11) is 1.96. The van der Waals surface area contributed by atoms with E-state index in [2.05, 4.69) is 49.3 Å². The molecule has 1 aliphatic heterocycles. The monoisotopic (exact) mass is 676 g/mol. The summed E-state index contributed by atoms with van der Waals surface area (Å²) in [5.74, 6) is -7.18. The van der Waals surface area contributed by atoms with Gasteiger partial charge >= 0.3 is 36.4 Å². The molecule has 21 heteroatoms. The summed E-state index contributed by atoms with van der Waals surface area (Å²) in [6.07, 6.45) is -5.63. The third kappa shape index (κ3) is 14.7. The summed E-state index contributed by atoms with van der Waals surface area (Å²) >= 11 is 0. The van der Waals surface area contributed by atoms with Crippen molar-refractivity contribution in [3.05, 3.63) is 71.9 Å². The van der Waals surface area contributed by atoms with E-state index < -0.39 is 36.4 Å². The normalized spacial score (nSPS) is 13.3. The Bertz CT molecular complexity index is 1360. The number of halogens is 9. The molecule has 0 saturated carbocycles. The lowest BCUT2D eigenvalue weighted by molar-refractivity contribution is -0.193. The van der Waals surface area contributed by atoms with E-state index in [0.717, 1.165) is 38.5 Å². The molecule has 254 valence electrons. The Morgan fingerprint density at radius 3 is 1.70 bits per heavy atom. The van der Waals surface area contributed by atoms with Crippen LogP contribution in [0.1, 0.15) is 16.7 Å². The van der Waals surface area contributed by atoms with E-state index in [-0.39, 0.29) is 0 Å². The second-order valence-corrected chi connectivity index (χ2v) is 8.90. The smallest absolute Gasteiger partial charge is 0.475 e. The summed E-state index contributed by atoms with van der Waals surface area (Å²) < 4.78 is 97.1. The van der Waals surface area contributed by atoms with E-state index in [1.54, 1.807) is 0 Å². The van der Waals surface area contributed by atoms with Gasteiger partial charge in [-0.3, -0.25) is 14.6 Å². The zero-order valence-corrected chi connectivity index (χ0v) is 23.4. The number of hydrogen-bond donors (Lipinski definition) is 3. The van der Waals surface area contributed by atoms with E-state index in [1.165, 1.54) is 16.7 Å². The maximum atomic E-state index is 10.6. The number of aliphatic carboxylic acids is 3. The number of fused-ring (bicyclic) bond motifs is 1. The van der Waals surface area contributed by atoms with E-state index in [0.29, 0.717) is 0 Å². The number of carboxylic acid groups (broad SMARTS) is 3. The average Bonchev–Trinajstić information content (AvgIpc) is 3.27. The number of rotatable bonds is 4. The first kappa shape index (κ1) is 39.1. The van der Waals surface area contributed by atoms with Crippen LogP contribution in [0.15, 0.2) is 55.2 Å². The summed E-state index contributed by atoms with van der Waals surface area (Å²) in [6.45, 7) is 4.62. The van der Waals surface area contributed by atoms with Crippen molar-refractivity contribution in [2.24, 2.45) is 7.05 Å². The van der Waals surface area contributed by atoms with Crippen LogP contribution in [-0.4, -0.2) is 89.5 Å². The number of alkyl halides is 9. The molecule has 0 bridgehead atoms. The molecular weight excluding hydrogens is 651 g/mol. The highest BCUT2D eigenvalue weighted by Crippen LogP contribution is 2.25. The molecule has 0 saturated heterocycles. The Morgan fingerprint density at radius 2 is 1.26 bits per heavy atom. The predicted octanol–water partition coefficient (Wildman–Crippen LogP) is 4.13. The Kier molecular flexibility index (Phi) is 14.4. The lowest BCUT2D eigenvalue weighted by atomic mass is 10.2. The minimum absolute atomic E-state index is 0.854. The predicted molar refractivity (Wildman–Crippen MR) is 138 cm³/mol. The molecule has 0 fully saturated rings. The molecule has 0 aliphatic carbocycles. The van der Waals surface area contributed by atoms with Crippen LogP contribution in [0, 0.1) is 0 Å². The summed E-state index contributed by atoms with van der Waals surface area (Å²) in [4.78, 5) is 40.3. The fraction of sp³-hybridized carbons (Fsp3) is 0.360. The highest BCUT2D eigenvalue weighted by atomic mass is 19.4. The molecule has 3 N–H and O–H groups in total. The van der Waals surface area contributed by atoms with Gasteiger partial charge in [0.2, 0.25) is 0 Å². The molecule has 0 spiro atoms. The minimum atomic E-state index is -5.08. The van der Waals surface area contributed by atoms with Gasteiger partial charge in [-0.25, -0.2) is 19.4 Å². The Labute approximate surface area is 253 Å². The third-order valence-corrected chi connectivity index (χ3v) is 5.26. The number of aromatic nitrogens is 4. The first-order chi connectivity index (χ1) is 21.1. The second-order valence-electron chi connectivity index (χ2n) is 8.90. The molecule has 4 rings (SSSR count). The Balaban J connectivity index is 0.000000413.